The van der Waals surface area contributed by atoms with Crippen LogP contribution in [0.4, 0.5) is 0 Å². The molecule has 0 amide bonds. The zero-order chi connectivity index (χ0) is 8.91. The first-order valence-corrected chi connectivity index (χ1v) is 6.83. The van der Waals surface area contributed by atoms with Gasteiger partial charge >= 0.3 is 0 Å². The summed E-state index contributed by atoms with van der Waals surface area (Å²) in [6.07, 6.45) is 3.76. The molecule has 0 rings (SSSR count). The second-order valence-corrected chi connectivity index (χ2v) is 5.80. The van der Waals surface area contributed by atoms with Crippen LogP contribution in [-0.2, 0) is 9.84 Å². The van der Waals surface area contributed by atoms with E-state index < -0.39 is 9.84 Å². The van der Waals surface area contributed by atoms with Crippen LogP contribution in [0.15, 0.2) is 0 Å². The molecule has 0 aromatic rings. The van der Waals surface area contributed by atoms with Crippen LogP contribution in [0.2, 0.25) is 0 Å². The Labute approximate surface area is 72.7 Å². The summed E-state index contributed by atoms with van der Waals surface area (Å²) in [5, 5.41) is 0. The molecule has 0 saturated carbocycles. The van der Waals surface area contributed by atoms with E-state index in [9.17, 15) is 8.42 Å². The minimum Gasteiger partial charge on any atom is -0.327 e. The molecule has 2 N–H and O–H groups in total. The molecule has 5 heteroatoms. The van der Waals surface area contributed by atoms with Crippen LogP contribution in [-0.4, -0.2) is 38.5 Å². The van der Waals surface area contributed by atoms with Crippen LogP contribution in [0.1, 0.15) is 6.42 Å². The molecule has 68 valence electrons. The van der Waals surface area contributed by atoms with E-state index in [4.69, 9.17) is 5.73 Å². The molecular weight excluding hydrogens is 182 g/mol. The molecule has 11 heavy (non-hydrogen) atoms. The first-order chi connectivity index (χ1) is 4.95. The quantitative estimate of drug-likeness (QED) is 0.679. The molecule has 0 bridgehead atoms. The number of hydrogen-bond acceptors (Lipinski definition) is 4. The number of hydrogen-bond donors (Lipinski definition) is 1. The van der Waals surface area contributed by atoms with Crippen LogP contribution in [0.25, 0.3) is 0 Å². The van der Waals surface area contributed by atoms with Gasteiger partial charge in [-0.15, -0.1) is 0 Å². The van der Waals surface area contributed by atoms with E-state index in [-0.39, 0.29) is 11.8 Å². The predicted molar refractivity (Wildman–Crippen MR) is 50.7 cm³/mol. The highest BCUT2D eigenvalue weighted by Gasteiger charge is 2.06. The summed E-state index contributed by atoms with van der Waals surface area (Å²) in [7, 11) is -2.83. The Morgan fingerprint density at radius 3 is 2.45 bits per heavy atom. The third kappa shape index (κ3) is 8.16. The molecular formula is C6H15NO2S2. The Hall–Kier alpha value is 0.260. The highest BCUT2D eigenvalue weighted by atomic mass is 32.2. The fourth-order valence-electron chi connectivity index (χ4n) is 0.663. The Morgan fingerprint density at radius 1 is 1.55 bits per heavy atom. The van der Waals surface area contributed by atoms with Crippen LogP contribution < -0.4 is 5.73 Å². The van der Waals surface area contributed by atoms with Crippen molar-refractivity contribution in [2.24, 2.45) is 5.73 Å². The molecule has 0 aromatic heterocycles. The van der Waals surface area contributed by atoms with Gasteiger partial charge in [-0.05, 0) is 12.7 Å². The third-order valence-electron chi connectivity index (χ3n) is 1.24. The molecule has 0 heterocycles. The molecule has 1 unspecified atom stereocenters. The van der Waals surface area contributed by atoms with Crippen molar-refractivity contribution in [3.63, 3.8) is 0 Å². The van der Waals surface area contributed by atoms with Crippen molar-refractivity contribution in [1.82, 2.24) is 0 Å². The monoisotopic (exact) mass is 197 g/mol. The van der Waals surface area contributed by atoms with Gasteiger partial charge in [0.05, 0.1) is 5.75 Å². The normalized spacial score (nSPS) is 14.8. The van der Waals surface area contributed by atoms with Gasteiger partial charge in [0.15, 0.2) is 0 Å². The zero-order valence-corrected chi connectivity index (χ0v) is 8.54. The minimum absolute atomic E-state index is 0.0136. The molecule has 0 radical (unpaired) electrons. The van der Waals surface area contributed by atoms with Gasteiger partial charge in [-0.25, -0.2) is 8.42 Å². The van der Waals surface area contributed by atoms with Crippen LogP contribution in [0.5, 0.6) is 0 Å². The maximum absolute atomic E-state index is 10.7. The average Bonchev–Trinajstić information content (AvgIpc) is 1.83. The maximum Gasteiger partial charge on any atom is 0.147 e. The van der Waals surface area contributed by atoms with E-state index in [0.29, 0.717) is 6.42 Å². The van der Waals surface area contributed by atoms with Gasteiger partial charge in [-0.1, -0.05) is 0 Å². The topological polar surface area (TPSA) is 60.2 Å². The summed E-state index contributed by atoms with van der Waals surface area (Å²) in [6, 6.07) is 0.0136. The van der Waals surface area contributed by atoms with Gasteiger partial charge in [-0.2, -0.15) is 11.8 Å². The van der Waals surface area contributed by atoms with Crippen LogP contribution in [0.3, 0.4) is 0 Å². The lowest BCUT2D eigenvalue weighted by molar-refractivity contribution is 0.594. The molecule has 0 aliphatic carbocycles. The van der Waals surface area contributed by atoms with E-state index in [1.165, 1.54) is 6.26 Å². The van der Waals surface area contributed by atoms with Crippen LogP contribution in [0, 0.1) is 0 Å². The lowest BCUT2D eigenvalue weighted by Gasteiger charge is -2.07. The summed E-state index contributed by atoms with van der Waals surface area (Å²) in [5.41, 5.74) is 5.61. The van der Waals surface area contributed by atoms with Crippen molar-refractivity contribution < 1.29 is 8.42 Å². The number of sulfone groups is 1. The minimum atomic E-state index is -2.83. The number of nitrogens with two attached hydrogens (primary N) is 1. The van der Waals surface area contributed by atoms with Gasteiger partial charge < -0.3 is 5.73 Å². The van der Waals surface area contributed by atoms with Crippen molar-refractivity contribution in [1.29, 1.82) is 0 Å². The first-order valence-electron chi connectivity index (χ1n) is 3.38. The van der Waals surface area contributed by atoms with E-state index in [1.54, 1.807) is 11.8 Å². The highest BCUT2D eigenvalue weighted by Crippen LogP contribution is 2.00. The Balaban J connectivity index is 3.54. The maximum atomic E-state index is 10.7. The summed E-state index contributed by atoms with van der Waals surface area (Å²) in [5.74, 6) is 1.03. The van der Waals surface area contributed by atoms with Gasteiger partial charge in [0.2, 0.25) is 0 Å². The predicted octanol–water partition coefficient (Wildman–Crippen LogP) is 0.111. The Bertz CT molecular complexity index is 189. The Kier molecular flexibility index (Phi) is 5.12. The summed E-state index contributed by atoms with van der Waals surface area (Å²) < 4.78 is 21.4. The largest absolute Gasteiger partial charge is 0.327 e. The van der Waals surface area contributed by atoms with E-state index >= 15 is 0 Å². The highest BCUT2D eigenvalue weighted by molar-refractivity contribution is 7.98. The molecule has 0 aromatic carbocycles. The molecule has 1 atom stereocenters. The van der Waals surface area contributed by atoms with Gasteiger partial charge in [0.25, 0.3) is 0 Å². The number of thioether (sulfide) groups is 1. The second kappa shape index (κ2) is 5.00. The number of rotatable bonds is 5. The third-order valence-corrected chi connectivity index (χ3v) is 2.98. The molecule has 0 aliphatic heterocycles. The Morgan fingerprint density at radius 2 is 2.09 bits per heavy atom. The molecule has 0 spiro atoms. The van der Waals surface area contributed by atoms with E-state index in [1.807, 2.05) is 6.26 Å². The zero-order valence-electron chi connectivity index (χ0n) is 6.91. The van der Waals surface area contributed by atoms with Crippen molar-refractivity contribution in [2.45, 2.75) is 12.5 Å². The van der Waals surface area contributed by atoms with E-state index in [0.717, 1.165) is 5.75 Å². The fourth-order valence-corrected chi connectivity index (χ4v) is 1.99. The molecule has 0 fully saturated rings. The summed E-state index contributed by atoms with van der Waals surface area (Å²) in [6.45, 7) is 0. The standard InChI is InChI=1S/C6H15NO2S2/c1-10-5-6(7)3-4-11(2,8)9/h6H,3-5,7H2,1-2H3. The van der Waals surface area contributed by atoms with Gasteiger partial charge in [0.1, 0.15) is 9.84 Å². The van der Waals surface area contributed by atoms with Crippen molar-refractivity contribution in [3.8, 4) is 0 Å². The lowest BCUT2D eigenvalue weighted by atomic mass is 10.3. The molecule has 0 saturated heterocycles. The van der Waals surface area contributed by atoms with Crippen LogP contribution >= 0.6 is 11.8 Å². The summed E-state index contributed by atoms with van der Waals surface area (Å²) >= 11 is 1.64. The smallest absolute Gasteiger partial charge is 0.147 e. The first kappa shape index (κ1) is 11.3. The summed E-state index contributed by atoms with van der Waals surface area (Å²) in [4.78, 5) is 0. The lowest BCUT2D eigenvalue weighted by Crippen LogP contribution is -2.25. The SMILES string of the molecule is CSCC(N)CCS(C)(=O)=O. The second-order valence-electron chi connectivity index (χ2n) is 2.63. The van der Waals surface area contributed by atoms with Crippen molar-refractivity contribution >= 4 is 21.6 Å². The average molecular weight is 197 g/mol. The molecule has 0 aliphatic rings. The fraction of sp³-hybridized carbons (Fsp3) is 1.00. The van der Waals surface area contributed by atoms with Crippen molar-refractivity contribution in [2.75, 3.05) is 24.0 Å². The van der Waals surface area contributed by atoms with Gasteiger partial charge in [0, 0.05) is 18.1 Å². The molecule has 3 nitrogen and oxygen atoms in total. The van der Waals surface area contributed by atoms with E-state index in [2.05, 4.69) is 0 Å². The van der Waals surface area contributed by atoms with Crippen molar-refractivity contribution in [3.05, 3.63) is 0 Å². The van der Waals surface area contributed by atoms with Gasteiger partial charge in [-0.3, -0.25) is 0 Å².